The molecule has 0 aliphatic carbocycles. The first-order chi connectivity index (χ1) is 12.0. The minimum absolute atomic E-state index is 0.246. The summed E-state index contributed by atoms with van der Waals surface area (Å²) in [5.41, 5.74) is 3.77. The Morgan fingerprint density at radius 1 is 1.12 bits per heavy atom. The van der Waals surface area contributed by atoms with Gasteiger partial charge in [0.05, 0.1) is 11.3 Å². The number of hydrogen-bond donors (Lipinski definition) is 1. The molecular weight excluding hydrogens is 317 g/mol. The van der Waals surface area contributed by atoms with E-state index in [4.69, 9.17) is 0 Å². The van der Waals surface area contributed by atoms with E-state index >= 15 is 0 Å². The zero-order valence-corrected chi connectivity index (χ0v) is 14.1. The summed E-state index contributed by atoms with van der Waals surface area (Å²) in [7, 11) is 0. The molecule has 0 spiro atoms. The number of nitrogens with zero attached hydrogens (tertiary/aromatic N) is 2. The van der Waals surface area contributed by atoms with Crippen molar-refractivity contribution < 1.29 is 9.18 Å². The van der Waals surface area contributed by atoms with Gasteiger partial charge in [0.25, 0.3) is 5.91 Å². The van der Waals surface area contributed by atoms with Crippen LogP contribution in [0.1, 0.15) is 27.2 Å². The molecule has 1 amide bonds. The zero-order chi connectivity index (χ0) is 17.8. The Morgan fingerprint density at radius 3 is 2.56 bits per heavy atom. The van der Waals surface area contributed by atoms with Gasteiger partial charge in [-0.2, -0.15) is 0 Å². The van der Waals surface area contributed by atoms with Crippen LogP contribution in [0.25, 0.3) is 11.4 Å². The van der Waals surface area contributed by atoms with Crippen molar-refractivity contribution in [3.8, 4) is 11.4 Å². The van der Waals surface area contributed by atoms with Crippen molar-refractivity contribution in [3.63, 3.8) is 0 Å². The molecule has 1 aromatic heterocycles. The van der Waals surface area contributed by atoms with Crippen molar-refractivity contribution in [2.75, 3.05) is 0 Å². The number of carbonyl (C=O) groups excluding carboxylic acids is 1. The van der Waals surface area contributed by atoms with E-state index in [1.165, 1.54) is 18.3 Å². The van der Waals surface area contributed by atoms with Crippen LogP contribution in [0.4, 0.5) is 4.39 Å². The Hall–Kier alpha value is -3.08. The van der Waals surface area contributed by atoms with Gasteiger partial charge in [-0.1, -0.05) is 42.0 Å². The van der Waals surface area contributed by atoms with Crippen molar-refractivity contribution in [2.45, 2.75) is 20.4 Å². The normalized spacial score (nSPS) is 10.5. The topological polar surface area (TPSA) is 54.9 Å². The first-order valence-electron chi connectivity index (χ1n) is 7.96. The van der Waals surface area contributed by atoms with E-state index in [2.05, 4.69) is 15.3 Å². The van der Waals surface area contributed by atoms with E-state index in [1.807, 2.05) is 31.2 Å². The number of aryl methyl sites for hydroxylation is 2. The number of rotatable bonds is 4. The first kappa shape index (κ1) is 16.8. The lowest BCUT2D eigenvalue weighted by Gasteiger charge is -2.09. The predicted molar refractivity (Wildman–Crippen MR) is 94.5 cm³/mol. The molecule has 0 aliphatic heterocycles. The van der Waals surface area contributed by atoms with E-state index in [1.54, 1.807) is 19.1 Å². The molecule has 3 aromatic rings. The number of carbonyl (C=O) groups is 1. The molecule has 0 atom stereocenters. The highest BCUT2D eigenvalue weighted by Crippen LogP contribution is 2.17. The molecule has 3 rings (SSSR count). The molecule has 0 aliphatic rings. The minimum Gasteiger partial charge on any atom is -0.348 e. The van der Waals surface area contributed by atoms with Gasteiger partial charge in [0.2, 0.25) is 0 Å². The second-order valence-corrected chi connectivity index (χ2v) is 5.87. The third-order valence-electron chi connectivity index (χ3n) is 3.88. The SMILES string of the molecule is Cc1ccc(-c2ncc(C(=O)NCc3cccc(F)c3)c(C)n2)cc1. The smallest absolute Gasteiger partial charge is 0.254 e. The van der Waals surface area contributed by atoms with Gasteiger partial charge in [-0.3, -0.25) is 4.79 Å². The Bertz CT molecular complexity index is 907. The van der Waals surface area contributed by atoms with E-state index < -0.39 is 0 Å². The molecule has 4 nitrogen and oxygen atoms in total. The van der Waals surface area contributed by atoms with Gasteiger partial charge in [0.1, 0.15) is 5.82 Å². The van der Waals surface area contributed by atoms with Crippen LogP contribution < -0.4 is 5.32 Å². The number of aromatic nitrogens is 2. The molecule has 0 radical (unpaired) electrons. The first-order valence-corrected chi connectivity index (χ1v) is 7.96. The van der Waals surface area contributed by atoms with E-state index in [9.17, 15) is 9.18 Å². The fourth-order valence-electron chi connectivity index (χ4n) is 2.46. The molecule has 0 saturated carbocycles. The van der Waals surface area contributed by atoms with E-state index in [-0.39, 0.29) is 18.3 Å². The molecular formula is C20H18FN3O. The van der Waals surface area contributed by atoms with E-state index in [0.717, 1.165) is 11.1 Å². The maximum absolute atomic E-state index is 13.2. The average molecular weight is 335 g/mol. The van der Waals surface area contributed by atoms with Gasteiger partial charge >= 0.3 is 0 Å². The predicted octanol–water partition coefficient (Wildman–Crippen LogP) is 3.83. The van der Waals surface area contributed by atoms with Crippen LogP contribution in [0.3, 0.4) is 0 Å². The monoisotopic (exact) mass is 335 g/mol. The lowest BCUT2D eigenvalue weighted by molar-refractivity contribution is 0.0949. The van der Waals surface area contributed by atoms with Gasteiger partial charge < -0.3 is 5.32 Å². The summed E-state index contributed by atoms with van der Waals surface area (Å²) in [5, 5.41) is 2.76. The fourth-order valence-corrected chi connectivity index (χ4v) is 2.46. The highest BCUT2D eigenvalue weighted by Gasteiger charge is 2.12. The van der Waals surface area contributed by atoms with Gasteiger partial charge in [-0.05, 0) is 31.5 Å². The highest BCUT2D eigenvalue weighted by molar-refractivity contribution is 5.95. The molecule has 126 valence electrons. The van der Waals surface area contributed by atoms with Crippen LogP contribution in [0.15, 0.2) is 54.7 Å². The van der Waals surface area contributed by atoms with Crippen molar-refractivity contribution in [1.82, 2.24) is 15.3 Å². The largest absolute Gasteiger partial charge is 0.348 e. The van der Waals surface area contributed by atoms with Crippen LogP contribution in [0, 0.1) is 19.7 Å². The molecule has 0 bridgehead atoms. The summed E-state index contributed by atoms with van der Waals surface area (Å²) < 4.78 is 13.2. The standard InChI is InChI=1S/C20H18FN3O/c1-13-6-8-16(9-7-13)19-22-12-18(14(2)24-19)20(25)23-11-15-4-3-5-17(21)10-15/h3-10,12H,11H2,1-2H3,(H,23,25). The lowest BCUT2D eigenvalue weighted by atomic mass is 10.1. The van der Waals surface area contributed by atoms with Crippen molar-refractivity contribution >= 4 is 5.91 Å². The zero-order valence-electron chi connectivity index (χ0n) is 14.1. The Morgan fingerprint density at radius 2 is 1.88 bits per heavy atom. The second-order valence-electron chi connectivity index (χ2n) is 5.87. The number of nitrogens with one attached hydrogen (secondary N) is 1. The van der Waals surface area contributed by atoms with Gasteiger partial charge in [0, 0.05) is 18.3 Å². The number of benzene rings is 2. The van der Waals surface area contributed by atoms with Crippen LogP contribution in [-0.4, -0.2) is 15.9 Å². The Labute approximate surface area is 145 Å². The summed E-state index contributed by atoms with van der Waals surface area (Å²) in [6.07, 6.45) is 1.53. The maximum atomic E-state index is 13.2. The van der Waals surface area contributed by atoms with Gasteiger partial charge in [-0.15, -0.1) is 0 Å². The third kappa shape index (κ3) is 4.07. The summed E-state index contributed by atoms with van der Waals surface area (Å²) in [6.45, 7) is 4.04. The molecule has 1 heterocycles. The Kier molecular flexibility index (Phi) is 4.84. The summed E-state index contributed by atoms with van der Waals surface area (Å²) in [5.74, 6) is -0.0230. The molecule has 5 heteroatoms. The summed E-state index contributed by atoms with van der Waals surface area (Å²) in [4.78, 5) is 21.1. The van der Waals surface area contributed by atoms with Crippen LogP contribution in [0.2, 0.25) is 0 Å². The third-order valence-corrected chi connectivity index (χ3v) is 3.88. The molecule has 1 N–H and O–H groups in total. The van der Waals surface area contributed by atoms with Crippen molar-refractivity contribution in [1.29, 1.82) is 0 Å². The molecule has 25 heavy (non-hydrogen) atoms. The molecule has 0 fully saturated rings. The second kappa shape index (κ2) is 7.21. The lowest BCUT2D eigenvalue weighted by Crippen LogP contribution is -2.24. The van der Waals surface area contributed by atoms with Gasteiger partial charge in [0.15, 0.2) is 5.82 Å². The maximum Gasteiger partial charge on any atom is 0.254 e. The van der Waals surface area contributed by atoms with E-state index in [0.29, 0.717) is 22.6 Å². The summed E-state index contributed by atoms with van der Waals surface area (Å²) >= 11 is 0. The number of halogens is 1. The molecule has 0 saturated heterocycles. The van der Waals surface area contributed by atoms with Crippen LogP contribution >= 0.6 is 0 Å². The molecule has 0 unspecified atom stereocenters. The minimum atomic E-state index is -0.325. The van der Waals surface area contributed by atoms with Crippen LogP contribution in [0.5, 0.6) is 0 Å². The highest BCUT2D eigenvalue weighted by atomic mass is 19.1. The summed E-state index contributed by atoms with van der Waals surface area (Å²) in [6, 6.07) is 14.0. The Balaban J connectivity index is 1.74. The fraction of sp³-hybridized carbons (Fsp3) is 0.150. The number of hydrogen-bond acceptors (Lipinski definition) is 3. The van der Waals surface area contributed by atoms with Crippen molar-refractivity contribution in [2.24, 2.45) is 0 Å². The number of amides is 1. The van der Waals surface area contributed by atoms with Gasteiger partial charge in [-0.25, -0.2) is 14.4 Å². The van der Waals surface area contributed by atoms with Crippen LogP contribution in [-0.2, 0) is 6.54 Å². The molecule has 2 aromatic carbocycles. The average Bonchev–Trinajstić information content (AvgIpc) is 2.60. The quantitative estimate of drug-likeness (QED) is 0.788. The van der Waals surface area contributed by atoms with Crippen molar-refractivity contribution in [3.05, 3.63) is 82.9 Å².